The van der Waals surface area contributed by atoms with E-state index in [1.54, 1.807) is 12.1 Å². The quantitative estimate of drug-likeness (QED) is 0.527. The molecule has 0 bridgehead atoms. The van der Waals surface area contributed by atoms with E-state index in [4.69, 9.17) is 0 Å². The summed E-state index contributed by atoms with van der Waals surface area (Å²) in [4.78, 5) is 27.1. The molecule has 1 unspecified atom stereocenters. The Morgan fingerprint density at radius 2 is 1.77 bits per heavy atom. The predicted molar refractivity (Wildman–Crippen MR) is 117 cm³/mol. The van der Waals surface area contributed by atoms with Gasteiger partial charge in [0.05, 0.1) is 17.7 Å². The van der Waals surface area contributed by atoms with Crippen molar-refractivity contribution in [2.45, 2.75) is 18.0 Å². The summed E-state index contributed by atoms with van der Waals surface area (Å²) in [7, 11) is 0. The van der Waals surface area contributed by atoms with Crippen molar-refractivity contribution in [2.24, 2.45) is 0 Å². The van der Waals surface area contributed by atoms with E-state index in [0.29, 0.717) is 17.8 Å². The number of hydrogen-bond acceptors (Lipinski definition) is 4. The molecule has 1 atom stereocenters. The van der Waals surface area contributed by atoms with Crippen molar-refractivity contribution in [1.82, 2.24) is 0 Å². The molecule has 1 aliphatic heterocycles. The number of carbonyl (C=O) groups excluding carboxylic acids is 2. The number of thioether (sulfide) groups is 1. The molecule has 9 heteroatoms. The zero-order valence-electron chi connectivity index (χ0n) is 16.1. The summed E-state index contributed by atoms with van der Waals surface area (Å²) in [5.74, 6) is -0.0413. The number of halogens is 3. The van der Waals surface area contributed by atoms with Crippen LogP contribution in [0.1, 0.15) is 21.4 Å². The molecule has 0 aliphatic carbocycles. The summed E-state index contributed by atoms with van der Waals surface area (Å²) in [6, 6.07) is 15.5. The van der Waals surface area contributed by atoms with E-state index in [0.717, 1.165) is 22.6 Å². The molecule has 1 N–H and O–H groups in total. The summed E-state index contributed by atoms with van der Waals surface area (Å²) in [5.41, 5.74) is 1.13. The minimum absolute atomic E-state index is 0.119. The van der Waals surface area contributed by atoms with E-state index in [2.05, 4.69) is 5.32 Å². The van der Waals surface area contributed by atoms with Gasteiger partial charge in [-0.15, -0.1) is 23.1 Å². The number of rotatable bonds is 5. The zero-order chi connectivity index (χ0) is 22.0. The second-order valence-corrected chi connectivity index (χ2v) is 9.00. The van der Waals surface area contributed by atoms with Gasteiger partial charge in [-0.25, -0.2) is 0 Å². The maximum absolute atomic E-state index is 12.8. The third-order valence-electron chi connectivity index (χ3n) is 4.74. The molecule has 4 rings (SSSR count). The maximum atomic E-state index is 12.8. The molecule has 4 nitrogen and oxygen atoms in total. The Morgan fingerprint density at radius 3 is 2.39 bits per heavy atom. The lowest BCUT2D eigenvalue weighted by Crippen LogP contribution is -2.27. The molecule has 0 saturated carbocycles. The summed E-state index contributed by atoms with van der Waals surface area (Å²) in [6.07, 6.45) is -4.13. The van der Waals surface area contributed by atoms with Crippen LogP contribution in [0.5, 0.6) is 0 Å². The average molecular weight is 463 g/mol. The topological polar surface area (TPSA) is 49.4 Å². The van der Waals surface area contributed by atoms with Crippen molar-refractivity contribution >= 4 is 46.3 Å². The largest absolute Gasteiger partial charge is 0.416 e. The molecule has 1 saturated heterocycles. The first kappa shape index (κ1) is 21.5. The SMILES string of the molecule is O=C(Cc1cccs1)Nc1ccc(C2SCC(=O)N2c2ccc(C(F)(F)F)cc2)cc1. The van der Waals surface area contributed by atoms with Crippen LogP contribution in [0.4, 0.5) is 24.5 Å². The molecule has 1 aromatic heterocycles. The second kappa shape index (κ2) is 8.76. The third kappa shape index (κ3) is 4.94. The van der Waals surface area contributed by atoms with Crippen LogP contribution in [-0.2, 0) is 22.2 Å². The van der Waals surface area contributed by atoms with Gasteiger partial charge < -0.3 is 5.32 Å². The van der Waals surface area contributed by atoms with E-state index < -0.39 is 11.7 Å². The lowest BCUT2D eigenvalue weighted by Gasteiger charge is -2.25. The monoisotopic (exact) mass is 462 g/mol. The van der Waals surface area contributed by atoms with Gasteiger partial charge in [0.2, 0.25) is 11.8 Å². The van der Waals surface area contributed by atoms with Crippen molar-refractivity contribution < 1.29 is 22.8 Å². The van der Waals surface area contributed by atoms with Gasteiger partial charge in [-0.1, -0.05) is 18.2 Å². The van der Waals surface area contributed by atoms with Crippen LogP contribution < -0.4 is 10.2 Å². The fraction of sp³-hybridized carbons (Fsp3) is 0.182. The summed E-state index contributed by atoms with van der Waals surface area (Å²) >= 11 is 2.93. The van der Waals surface area contributed by atoms with Crippen molar-refractivity contribution in [3.05, 3.63) is 82.0 Å². The van der Waals surface area contributed by atoms with Gasteiger partial charge in [0.25, 0.3) is 0 Å². The van der Waals surface area contributed by atoms with E-state index in [1.807, 2.05) is 29.6 Å². The minimum atomic E-state index is -4.43. The number of nitrogens with zero attached hydrogens (tertiary/aromatic N) is 1. The first-order valence-electron chi connectivity index (χ1n) is 9.34. The number of amides is 2. The third-order valence-corrected chi connectivity index (χ3v) is 6.82. The van der Waals surface area contributed by atoms with Crippen LogP contribution in [-0.4, -0.2) is 17.6 Å². The molecule has 1 fully saturated rings. The van der Waals surface area contributed by atoms with E-state index in [1.165, 1.54) is 40.1 Å². The zero-order valence-corrected chi connectivity index (χ0v) is 17.7. The molecule has 2 heterocycles. The molecule has 2 aromatic carbocycles. The molecular formula is C22H17F3N2O2S2. The van der Waals surface area contributed by atoms with Gasteiger partial charge in [-0.05, 0) is 53.4 Å². The average Bonchev–Trinajstić information content (AvgIpc) is 3.37. The van der Waals surface area contributed by atoms with Crippen molar-refractivity contribution in [1.29, 1.82) is 0 Å². The van der Waals surface area contributed by atoms with Crippen molar-refractivity contribution in [2.75, 3.05) is 16.0 Å². The summed E-state index contributed by atoms with van der Waals surface area (Å²) in [6.45, 7) is 0. The van der Waals surface area contributed by atoms with Gasteiger partial charge >= 0.3 is 6.18 Å². The van der Waals surface area contributed by atoms with Crippen LogP contribution in [0.3, 0.4) is 0 Å². The van der Waals surface area contributed by atoms with Crippen molar-refractivity contribution in [3.63, 3.8) is 0 Å². The number of alkyl halides is 3. The molecule has 3 aromatic rings. The number of nitrogens with one attached hydrogen (secondary N) is 1. The van der Waals surface area contributed by atoms with Crippen LogP contribution in [0.15, 0.2) is 66.0 Å². The molecular weight excluding hydrogens is 445 g/mol. The Morgan fingerprint density at radius 1 is 1.06 bits per heavy atom. The number of anilines is 2. The van der Waals surface area contributed by atoms with Gasteiger partial charge in [-0.3, -0.25) is 14.5 Å². The lowest BCUT2D eigenvalue weighted by atomic mass is 10.1. The van der Waals surface area contributed by atoms with E-state index >= 15 is 0 Å². The summed E-state index contributed by atoms with van der Waals surface area (Å²) < 4.78 is 38.5. The molecule has 0 radical (unpaired) electrons. The molecule has 31 heavy (non-hydrogen) atoms. The van der Waals surface area contributed by atoms with Gasteiger partial charge in [0.15, 0.2) is 0 Å². The Bertz CT molecular complexity index is 1070. The van der Waals surface area contributed by atoms with Crippen LogP contribution in [0.2, 0.25) is 0 Å². The molecule has 2 amide bonds. The first-order valence-corrected chi connectivity index (χ1v) is 11.3. The number of thiophene rings is 1. The Balaban J connectivity index is 1.47. The fourth-order valence-corrected chi connectivity index (χ4v) is 5.15. The molecule has 1 aliphatic rings. The van der Waals surface area contributed by atoms with Crippen LogP contribution in [0.25, 0.3) is 0 Å². The Hall–Kier alpha value is -2.78. The summed E-state index contributed by atoms with van der Waals surface area (Å²) in [5, 5.41) is 4.41. The predicted octanol–water partition coefficient (Wildman–Crippen LogP) is 5.73. The Labute approximate surface area is 185 Å². The van der Waals surface area contributed by atoms with Crippen LogP contribution >= 0.6 is 23.1 Å². The molecule has 0 spiro atoms. The van der Waals surface area contributed by atoms with Gasteiger partial charge in [0.1, 0.15) is 5.37 Å². The fourth-order valence-electron chi connectivity index (χ4n) is 3.27. The maximum Gasteiger partial charge on any atom is 0.416 e. The normalized spacial score (nSPS) is 16.5. The van der Waals surface area contributed by atoms with E-state index in [9.17, 15) is 22.8 Å². The number of benzene rings is 2. The Kier molecular flexibility index (Phi) is 6.06. The van der Waals surface area contributed by atoms with E-state index in [-0.39, 0.29) is 22.9 Å². The van der Waals surface area contributed by atoms with Crippen LogP contribution in [0, 0.1) is 0 Å². The second-order valence-electron chi connectivity index (χ2n) is 6.90. The van der Waals surface area contributed by atoms with Crippen molar-refractivity contribution in [3.8, 4) is 0 Å². The standard InChI is InChI=1S/C22H17F3N2O2S2/c23-22(24,25)15-5-9-17(10-6-15)27-20(29)13-31-21(27)14-3-7-16(8-4-14)26-19(28)12-18-2-1-11-30-18/h1-11,21H,12-13H2,(H,26,28). The number of hydrogen-bond donors (Lipinski definition) is 1. The van der Waals surface area contributed by atoms with Gasteiger partial charge in [-0.2, -0.15) is 13.2 Å². The minimum Gasteiger partial charge on any atom is -0.326 e. The highest BCUT2D eigenvalue weighted by atomic mass is 32.2. The van der Waals surface area contributed by atoms with Gasteiger partial charge in [0, 0.05) is 16.3 Å². The highest BCUT2D eigenvalue weighted by Crippen LogP contribution is 2.42. The lowest BCUT2D eigenvalue weighted by molar-refractivity contribution is -0.137. The number of carbonyl (C=O) groups is 2. The first-order chi connectivity index (χ1) is 14.8. The highest BCUT2D eigenvalue weighted by Gasteiger charge is 2.35. The molecule has 160 valence electrons. The smallest absolute Gasteiger partial charge is 0.326 e. The highest BCUT2D eigenvalue weighted by molar-refractivity contribution is 8.00.